The van der Waals surface area contributed by atoms with E-state index in [1.54, 1.807) is 11.3 Å². The molecule has 3 aromatic rings. The maximum Gasteiger partial charge on any atom is 0.407 e. The number of aryl methyl sites for hydroxylation is 1. The number of amides is 1. The van der Waals surface area contributed by atoms with Crippen molar-refractivity contribution in [1.82, 2.24) is 10.3 Å². The Hall–Kier alpha value is -2.60. The fourth-order valence-corrected chi connectivity index (χ4v) is 4.02. The summed E-state index contributed by atoms with van der Waals surface area (Å²) in [6, 6.07) is 16.5. The minimum Gasteiger partial charge on any atom is -0.445 e. The Bertz CT molecular complexity index is 904. The summed E-state index contributed by atoms with van der Waals surface area (Å²) in [5.74, 6) is 0. The summed E-state index contributed by atoms with van der Waals surface area (Å²) < 4.78 is 6.46. The predicted molar refractivity (Wildman–Crippen MR) is 105 cm³/mol. The Morgan fingerprint density at radius 3 is 2.81 bits per heavy atom. The summed E-state index contributed by atoms with van der Waals surface area (Å²) in [4.78, 5) is 16.4. The minimum absolute atomic E-state index is 0.171. The number of nitrogens with zero attached hydrogens (tertiary/aromatic N) is 1. The van der Waals surface area contributed by atoms with Crippen LogP contribution in [0, 0.1) is 6.92 Å². The fourth-order valence-electron chi connectivity index (χ4n) is 3.15. The van der Waals surface area contributed by atoms with Gasteiger partial charge in [0.25, 0.3) is 0 Å². The molecule has 1 aliphatic rings. The smallest absolute Gasteiger partial charge is 0.407 e. The van der Waals surface area contributed by atoms with Gasteiger partial charge in [-0.3, -0.25) is 0 Å². The Morgan fingerprint density at radius 2 is 2.00 bits per heavy atom. The number of aromatic nitrogens is 1. The number of thiazole rings is 1. The number of carbonyl (C=O) groups excluding carboxylic acids is 1. The SMILES string of the molecule is Cc1nc2ccc(NC3CC(NC(=O)OCc4ccccc4)C3)cc2s1. The van der Waals surface area contributed by atoms with Gasteiger partial charge < -0.3 is 15.4 Å². The average Bonchev–Trinajstić information content (AvgIpc) is 2.98. The van der Waals surface area contributed by atoms with Crippen molar-refractivity contribution in [1.29, 1.82) is 0 Å². The van der Waals surface area contributed by atoms with Crippen LogP contribution in [-0.2, 0) is 11.3 Å². The molecule has 1 aromatic heterocycles. The Labute approximate surface area is 156 Å². The van der Waals surface area contributed by atoms with E-state index < -0.39 is 0 Å². The predicted octanol–water partition coefficient (Wildman–Crippen LogP) is 4.47. The standard InChI is InChI=1S/C20H21N3O2S/c1-13-21-18-8-7-15(11-19(18)26-13)22-16-9-17(10-16)23-20(24)25-12-14-5-3-2-4-6-14/h2-8,11,16-17,22H,9-10,12H2,1H3,(H,23,24). The maximum atomic E-state index is 11.9. The molecule has 0 atom stereocenters. The monoisotopic (exact) mass is 367 g/mol. The van der Waals surface area contributed by atoms with Crippen molar-refractivity contribution < 1.29 is 9.53 Å². The van der Waals surface area contributed by atoms with E-state index in [1.165, 1.54) is 4.70 Å². The van der Waals surface area contributed by atoms with Gasteiger partial charge in [-0.2, -0.15) is 0 Å². The lowest BCUT2D eigenvalue weighted by molar-refractivity contribution is 0.129. The highest BCUT2D eigenvalue weighted by atomic mass is 32.1. The largest absolute Gasteiger partial charge is 0.445 e. The summed E-state index contributed by atoms with van der Waals surface area (Å²) in [7, 11) is 0. The molecule has 0 radical (unpaired) electrons. The van der Waals surface area contributed by atoms with Gasteiger partial charge in [-0.15, -0.1) is 11.3 Å². The molecule has 0 saturated heterocycles. The number of rotatable bonds is 5. The summed E-state index contributed by atoms with van der Waals surface area (Å²) in [6.45, 7) is 2.33. The van der Waals surface area contributed by atoms with Crippen LogP contribution >= 0.6 is 11.3 Å². The highest BCUT2D eigenvalue weighted by molar-refractivity contribution is 7.18. The maximum absolute atomic E-state index is 11.9. The topological polar surface area (TPSA) is 63.2 Å². The van der Waals surface area contributed by atoms with Gasteiger partial charge in [0.2, 0.25) is 0 Å². The van der Waals surface area contributed by atoms with Gasteiger partial charge in [0.15, 0.2) is 0 Å². The van der Waals surface area contributed by atoms with Crippen LogP contribution in [0.15, 0.2) is 48.5 Å². The zero-order valence-electron chi connectivity index (χ0n) is 14.6. The van der Waals surface area contributed by atoms with Gasteiger partial charge in [-0.05, 0) is 43.5 Å². The van der Waals surface area contributed by atoms with Crippen molar-refractivity contribution in [2.75, 3.05) is 5.32 Å². The van der Waals surface area contributed by atoms with Crippen molar-refractivity contribution in [3.63, 3.8) is 0 Å². The van der Waals surface area contributed by atoms with Gasteiger partial charge in [0, 0.05) is 17.8 Å². The molecular weight excluding hydrogens is 346 g/mol. The molecule has 134 valence electrons. The van der Waals surface area contributed by atoms with Crippen LogP contribution in [0.3, 0.4) is 0 Å². The zero-order valence-corrected chi connectivity index (χ0v) is 15.4. The highest BCUT2D eigenvalue weighted by Crippen LogP contribution is 2.28. The third-order valence-corrected chi connectivity index (χ3v) is 5.47. The van der Waals surface area contributed by atoms with Crippen molar-refractivity contribution in [3.05, 3.63) is 59.1 Å². The molecular formula is C20H21N3O2S. The molecule has 0 aliphatic heterocycles. The lowest BCUT2D eigenvalue weighted by atomic mass is 9.86. The van der Waals surface area contributed by atoms with E-state index in [0.29, 0.717) is 12.6 Å². The quantitative estimate of drug-likeness (QED) is 0.698. The van der Waals surface area contributed by atoms with Gasteiger partial charge in [0.1, 0.15) is 6.61 Å². The first-order valence-electron chi connectivity index (χ1n) is 8.76. The second-order valence-corrected chi connectivity index (χ2v) is 7.87. The molecule has 2 N–H and O–H groups in total. The van der Waals surface area contributed by atoms with Gasteiger partial charge in [-0.25, -0.2) is 9.78 Å². The molecule has 4 rings (SSSR count). The number of alkyl carbamates (subject to hydrolysis) is 1. The molecule has 1 aliphatic carbocycles. The van der Waals surface area contributed by atoms with Crippen molar-refractivity contribution >= 4 is 33.3 Å². The second-order valence-electron chi connectivity index (χ2n) is 6.63. The molecule has 2 aromatic carbocycles. The van der Waals surface area contributed by atoms with Crippen LogP contribution in [0.25, 0.3) is 10.2 Å². The van der Waals surface area contributed by atoms with Crippen LogP contribution in [0.4, 0.5) is 10.5 Å². The van der Waals surface area contributed by atoms with Crippen LogP contribution < -0.4 is 10.6 Å². The summed E-state index contributed by atoms with van der Waals surface area (Å²) in [5.41, 5.74) is 3.15. The van der Waals surface area contributed by atoms with Crippen molar-refractivity contribution in [2.24, 2.45) is 0 Å². The number of anilines is 1. The normalized spacial score (nSPS) is 19.0. The van der Waals surface area contributed by atoms with Crippen LogP contribution in [0.5, 0.6) is 0 Å². The number of hydrogen-bond donors (Lipinski definition) is 2. The van der Waals surface area contributed by atoms with E-state index in [4.69, 9.17) is 4.74 Å². The minimum atomic E-state index is -0.348. The Kier molecular flexibility index (Phi) is 4.75. The lowest BCUT2D eigenvalue weighted by Gasteiger charge is -2.36. The third-order valence-electron chi connectivity index (χ3n) is 4.54. The zero-order chi connectivity index (χ0) is 17.9. The number of hydrogen-bond acceptors (Lipinski definition) is 5. The molecule has 6 heteroatoms. The van der Waals surface area contributed by atoms with Gasteiger partial charge in [-0.1, -0.05) is 30.3 Å². The van der Waals surface area contributed by atoms with Crippen LogP contribution in [0.2, 0.25) is 0 Å². The number of fused-ring (bicyclic) bond motifs is 1. The molecule has 1 amide bonds. The van der Waals surface area contributed by atoms with E-state index in [0.717, 1.165) is 34.6 Å². The highest BCUT2D eigenvalue weighted by Gasteiger charge is 2.30. The van der Waals surface area contributed by atoms with E-state index in [1.807, 2.05) is 37.3 Å². The summed E-state index contributed by atoms with van der Waals surface area (Å²) in [6.07, 6.45) is 1.46. The van der Waals surface area contributed by atoms with E-state index in [-0.39, 0.29) is 12.1 Å². The molecule has 0 spiro atoms. The number of nitrogens with one attached hydrogen (secondary N) is 2. The molecule has 1 heterocycles. The first-order valence-corrected chi connectivity index (χ1v) is 9.58. The average molecular weight is 367 g/mol. The van der Waals surface area contributed by atoms with Crippen LogP contribution in [0.1, 0.15) is 23.4 Å². The molecule has 1 saturated carbocycles. The van der Waals surface area contributed by atoms with E-state index >= 15 is 0 Å². The first kappa shape index (κ1) is 16.8. The van der Waals surface area contributed by atoms with Crippen molar-refractivity contribution in [2.45, 2.75) is 38.5 Å². The van der Waals surface area contributed by atoms with Gasteiger partial charge >= 0.3 is 6.09 Å². The summed E-state index contributed by atoms with van der Waals surface area (Å²) in [5, 5.41) is 7.54. The summed E-state index contributed by atoms with van der Waals surface area (Å²) >= 11 is 1.71. The Morgan fingerprint density at radius 1 is 1.19 bits per heavy atom. The molecule has 0 bridgehead atoms. The third kappa shape index (κ3) is 3.96. The second kappa shape index (κ2) is 7.33. The first-order chi connectivity index (χ1) is 12.7. The number of ether oxygens (including phenoxy) is 1. The lowest BCUT2D eigenvalue weighted by Crippen LogP contribution is -2.49. The number of benzene rings is 2. The van der Waals surface area contributed by atoms with E-state index in [9.17, 15) is 4.79 Å². The molecule has 0 unspecified atom stereocenters. The fraction of sp³-hybridized carbons (Fsp3) is 0.300. The molecule has 1 fully saturated rings. The van der Waals surface area contributed by atoms with E-state index in [2.05, 4.69) is 33.8 Å². The number of carbonyl (C=O) groups is 1. The Balaban J connectivity index is 1.21. The molecule has 5 nitrogen and oxygen atoms in total. The van der Waals surface area contributed by atoms with Crippen molar-refractivity contribution in [3.8, 4) is 0 Å². The van der Waals surface area contributed by atoms with Gasteiger partial charge in [0.05, 0.1) is 15.2 Å². The van der Waals surface area contributed by atoms with Crippen LogP contribution in [-0.4, -0.2) is 23.2 Å². The molecule has 26 heavy (non-hydrogen) atoms.